The van der Waals surface area contributed by atoms with Crippen LogP contribution in [0.25, 0.3) is 17.2 Å². The van der Waals surface area contributed by atoms with E-state index in [-0.39, 0.29) is 5.57 Å². The lowest BCUT2D eigenvalue weighted by molar-refractivity contribution is -0.142. The monoisotopic (exact) mass is 441 g/mol. The van der Waals surface area contributed by atoms with E-state index in [1.807, 2.05) is 74.5 Å². The highest BCUT2D eigenvalue weighted by atomic mass is 16.5. The Hall–Kier alpha value is -4.11. The third-order valence-electron chi connectivity index (χ3n) is 5.32. The molecule has 0 aliphatic rings. The molecule has 0 fully saturated rings. The van der Waals surface area contributed by atoms with E-state index in [0.717, 1.165) is 41.0 Å². The third-order valence-corrected chi connectivity index (χ3v) is 5.32. The number of amides is 1. The van der Waals surface area contributed by atoms with E-state index in [9.17, 15) is 14.9 Å². The maximum absolute atomic E-state index is 12.5. The van der Waals surface area contributed by atoms with E-state index in [4.69, 9.17) is 4.74 Å². The smallest absolute Gasteiger partial charge is 0.349 e. The molecule has 1 aromatic heterocycles. The number of ether oxygens (including phenoxy) is 1. The molecule has 0 saturated heterocycles. The normalized spacial score (nSPS) is 11.0. The van der Waals surface area contributed by atoms with Crippen LogP contribution in [-0.2, 0) is 20.9 Å². The van der Waals surface area contributed by atoms with Crippen LogP contribution in [-0.4, -0.2) is 23.1 Å². The second kappa shape index (κ2) is 11.0. The van der Waals surface area contributed by atoms with Crippen molar-refractivity contribution in [2.45, 2.75) is 33.7 Å². The molecule has 6 heteroatoms. The number of nitriles is 1. The number of hydrogen-bond acceptors (Lipinski definition) is 4. The van der Waals surface area contributed by atoms with Gasteiger partial charge >= 0.3 is 5.97 Å². The van der Waals surface area contributed by atoms with Gasteiger partial charge in [0.25, 0.3) is 5.91 Å². The molecule has 0 bridgehead atoms. The molecule has 6 nitrogen and oxygen atoms in total. The molecule has 1 N–H and O–H groups in total. The summed E-state index contributed by atoms with van der Waals surface area (Å²) in [6.45, 7) is 6.41. The van der Waals surface area contributed by atoms with Gasteiger partial charge in [-0.15, -0.1) is 0 Å². The number of carbonyl (C=O) groups excluding carboxylic acids is 2. The van der Waals surface area contributed by atoms with Gasteiger partial charge in [0.2, 0.25) is 0 Å². The molecule has 0 atom stereocenters. The Labute approximate surface area is 194 Å². The number of aromatic nitrogens is 1. The molecule has 1 heterocycles. The van der Waals surface area contributed by atoms with Crippen molar-refractivity contribution >= 4 is 23.6 Å². The van der Waals surface area contributed by atoms with Crippen molar-refractivity contribution in [1.82, 2.24) is 4.57 Å². The Kier molecular flexibility index (Phi) is 7.82. The first-order chi connectivity index (χ1) is 15.9. The number of nitrogens with zero attached hydrogens (tertiary/aromatic N) is 2. The zero-order chi connectivity index (χ0) is 23.8. The predicted octanol–water partition coefficient (Wildman–Crippen LogP) is 5.27. The molecule has 0 aliphatic heterocycles. The SMILES string of the molecule is CCCn1c(C)cc(/C=C(\C#N)C(=O)OCC(=O)Nc2ccccc2-c2ccccc2)c1C. The number of esters is 1. The molecule has 2 aromatic carbocycles. The van der Waals surface area contributed by atoms with Crippen molar-refractivity contribution in [3.8, 4) is 17.2 Å². The van der Waals surface area contributed by atoms with E-state index >= 15 is 0 Å². The molecule has 33 heavy (non-hydrogen) atoms. The summed E-state index contributed by atoms with van der Waals surface area (Å²) in [6.07, 6.45) is 2.49. The highest BCUT2D eigenvalue weighted by Crippen LogP contribution is 2.27. The Morgan fingerprint density at radius 2 is 1.79 bits per heavy atom. The van der Waals surface area contributed by atoms with E-state index in [1.165, 1.54) is 6.08 Å². The number of anilines is 1. The molecule has 0 spiro atoms. The van der Waals surface area contributed by atoms with Crippen molar-refractivity contribution < 1.29 is 14.3 Å². The Balaban J connectivity index is 1.67. The number of rotatable bonds is 8. The topological polar surface area (TPSA) is 84.1 Å². The number of nitrogens with one attached hydrogen (secondary N) is 1. The van der Waals surface area contributed by atoms with Crippen LogP contribution in [0.3, 0.4) is 0 Å². The second-order valence-electron chi connectivity index (χ2n) is 7.68. The molecule has 1 amide bonds. The van der Waals surface area contributed by atoms with Gasteiger partial charge in [-0.3, -0.25) is 4.79 Å². The average molecular weight is 442 g/mol. The zero-order valence-corrected chi connectivity index (χ0v) is 19.1. The highest BCUT2D eigenvalue weighted by molar-refractivity contribution is 6.01. The van der Waals surface area contributed by atoms with Crippen molar-refractivity contribution in [2.24, 2.45) is 0 Å². The Morgan fingerprint density at radius 3 is 2.48 bits per heavy atom. The molecule has 0 radical (unpaired) electrons. The Morgan fingerprint density at radius 1 is 1.09 bits per heavy atom. The lowest BCUT2D eigenvalue weighted by Gasteiger charge is -2.11. The van der Waals surface area contributed by atoms with E-state index in [0.29, 0.717) is 5.69 Å². The Bertz CT molecular complexity index is 1220. The molecule has 3 aromatic rings. The lowest BCUT2D eigenvalue weighted by atomic mass is 10.0. The van der Waals surface area contributed by atoms with Crippen molar-refractivity contribution in [3.63, 3.8) is 0 Å². The first kappa shape index (κ1) is 23.6. The van der Waals surface area contributed by atoms with Crippen LogP contribution in [0.4, 0.5) is 5.69 Å². The largest absolute Gasteiger partial charge is 0.451 e. The van der Waals surface area contributed by atoms with Crippen molar-refractivity contribution in [1.29, 1.82) is 5.26 Å². The second-order valence-corrected chi connectivity index (χ2v) is 7.68. The quantitative estimate of drug-likeness (QED) is 0.293. The van der Waals surface area contributed by atoms with E-state index in [1.54, 1.807) is 6.07 Å². The number of benzene rings is 2. The molecule has 0 aliphatic carbocycles. The van der Waals surface area contributed by atoms with Gasteiger partial charge < -0.3 is 14.6 Å². The third kappa shape index (κ3) is 5.78. The molecule has 0 unspecified atom stereocenters. The first-order valence-corrected chi connectivity index (χ1v) is 10.8. The van der Waals surface area contributed by atoms with Crippen LogP contribution in [0.15, 0.2) is 66.2 Å². The minimum absolute atomic E-state index is 0.149. The van der Waals surface area contributed by atoms with Crippen LogP contribution >= 0.6 is 0 Å². The number of aryl methyl sites for hydroxylation is 1. The number of carbonyl (C=O) groups is 2. The summed E-state index contributed by atoms with van der Waals surface area (Å²) in [5.74, 6) is -1.31. The van der Waals surface area contributed by atoms with Gasteiger partial charge in [0.05, 0.1) is 0 Å². The number of para-hydroxylation sites is 1. The van der Waals surface area contributed by atoms with Crippen LogP contribution in [0.5, 0.6) is 0 Å². The fourth-order valence-corrected chi connectivity index (χ4v) is 3.69. The molecule has 168 valence electrons. The van der Waals surface area contributed by atoms with Crippen LogP contribution in [0, 0.1) is 25.2 Å². The van der Waals surface area contributed by atoms with Crippen LogP contribution < -0.4 is 5.32 Å². The van der Waals surface area contributed by atoms with Gasteiger partial charge in [0, 0.05) is 29.2 Å². The van der Waals surface area contributed by atoms with E-state index < -0.39 is 18.5 Å². The predicted molar refractivity (Wildman–Crippen MR) is 129 cm³/mol. The summed E-state index contributed by atoms with van der Waals surface area (Å²) >= 11 is 0. The van der Waals surface area contributed by atoms with Crippen molar-refractivity contribution in [2.75, 3.05) is 11.9 Å². The minimum atomic E-state index is -0.829. The lowest BCUT2D eigenvalue weighted by Crippen LogP contribution is -2.21. The van der Waals surface area contributed by atoms with Gasteiger partial charge in [0.15, 0.2) is 6.61 Å². The summed E-state index contributed by atoms with van der Waals surface area (Å²) in [6, 6.07) is 20.9. The highest BCUT2D eigenvalue weighted by Gasteiger charge is 2.16. The van der Waals surface area contributed by atoms with Gasteiger partial charge in [-0.05, 0) is 49.6 Å². The maximum atomic E-state index is 12.5. The summed E-state index contributed by atoms with van der Waals surface area (Å²) in [7, 11) is 0. The van der Waals surface area contributed by atoms with Crippen molar-refractivity contribution in [3.05, 3.63) is 83.2 Å². The summed E-state index contributed by atoms with van der Waals surface area (Å²) in [5, 5.41) is 12.2. The minimum Gasteiger partial charge on any atom is -0.451 e. The molecule has 3 rings (SSSR count). The van der Waals surface area contributed by atoms with Crippen LogP contribution in [0.2, 0.25) is 0 Å². The fraction of sp³-hybridized carbons (Fsp3) is 0.222. The maximum Gasteiger partial charge on any atom is 0.349 e. The van der Waals surface area contributed by atoms with Gasteiger partial charge in [0.1, 0.15) is 11.6 Å². The molecular weight excluding hydrogens is 414 g/mol. The summed E-state index contributed by atoms with van der Waals surface area (Å²) in [4.78, 5) is 24.9. The van der Waals surface area contributed by atoms with E-state index in [2.05, 4.69) is 16.8 Å². The average Bonchev–Trinajstić information content (AvgIpc) is 3.09. The standard InChI is InChI=1S/C27H27N3O3/c1-4-14-30-19(2)15-22(20(30)3)16-23(17-28)27(32)33-18-26(31)29-25-13-9-8-12-24(25)21-10-6-5-7-11-21/h5-13,15-16H,4,14,18H2,1-3H3,(H,29,31)/b23-16+. The number of hydrogen-bond donors (Lipinski definition) is 1. The first-order valence-electron chi connectivity index (χ1n) is 10.8. The molecular formula is C27H27N3O3. The summed E-state index contributed by atoms with van der Waals surface area (Å²) < 4.78 is 7.27. The fourth-order valence-electron chi connectivity index (χ4n) is 3.69. The van der Waals surface area contributed by atoms with Crippen LogP contribution in [0.1, 0.15) is 30.3 Å². The van der Waals surface area contributed by atoms with Gasteiger partial charge in [-0.1, -0.05) is 55.5 Å². The van der Waals surface area contributed by atoms with Gasteiger partial charge in [-0.2, -0.15) is 5.26 Å². The molecule has 0 saturated carbocycles. The zero-order valence-electron chi connectivity index (χ0n) is 19.1. The summed E-state index contributed by atoms with van der Waals surface area (Å²) in [5.41, 5.74) is 5.11. The van der Waals surface area contributed by atoms with Gasteiger partial charge in [-0.25, -0.2) is 4.79 Å².